The van der Waals surface area contributed by atoms with Crippen LogP contribution in [-0.4, -0.2) is 41.1 Å². The molecule has 1 aromatic rings. The molecule has 0 aromatic carbocycles. The number of hydrogen-bond acceptors (Lipinski definition) is 4. The van der Waals surface area contributed by atoms with Crippen molar-refractivity contribution in [1.29, 1.82) is 0 Å². The Morgan fingerprint density at radius 1 is 1.37 bits per heavy atom. The zero-order valence-corrected chi connectivity index (χ0v) is 13.2. The summed E-state index contributed by atoms with van der Waals surface area (Å²) >= 11 is 6.36. The highest BCUT2D eigenvalue weighted by Gasteiger charge is 2.21. The van der Waals surface area contributed by atoms with E-state index in [2.05, 4.69) is 22.2 Å². The van der Waals surface area contributed by atoms with Crippen LogP contribution in [0.4, 0.5) is 0 Å². The normalized spacial score (nSPS) is 16.2. The highest BCUT2D eigenvalue weighted by atomic mass is 35.5. The smallest absolute Gasteiger partial charge is 0.129 e. The molecule has 0 N–H and O–H groups in total. The van der Waals surface area contributed by atoms with Crippen molar-refractivity contribution in [3.05, 3.63) is 16.4 Å². The number of oxime groups is 1. The molecular formula is C13H23ClN4O. The molecule has 0 unspecified atom stereocenters. The van der Waals surface area contributed by atoms with Gasteiger partial charge >= 0.3 is 0 Å². The van der Waals surface area contributed by atoms with Gasteiger partial charge in [-0.1, -0.05) is 30.6 Å². The molecule has 5 nitrogen and oxygen atoms in total. The number of aryl methyl sites for hydroxylation is 1. The molecule has 2 heterocycles. The van der Waals surface area contributed by atoms with Crippen molar-refractivity contribution in [1.82, 2.24) is 14.7 Å². The minimum atomic E-state index is 0.692. The lowest BCUT2D eigenvalue weighted by atomic mass is 10.2. The van der Waals surface area contributed by atoms with E-state index < -0.39 is 0 Å². The molecule has 0 saturated carbocycles. The molecule has 108 valence electrons. The van der Waals surface area contributed by atoms with E-state index in [9.17, 15) is 0 Å². The van der Waals surface area contributed by atoms with Gasteiger partial charge in [-0.3, -0.25) is 4.68 Å². The van der Waals surface area contributed by atoms with Gasteiger partial charge in [0.25, 0.3) is 0 Å². The summed E-state index contributed by atoms with van der Waals surface area (Å²) in [7, 11) is 3.61. The minimum absolute atomic E-state index is 0.692. The number of hydrogen-bond donors (Lipinski definition) is 0. The topological polar surface area (TPSA) is 42.7 Å². The van der Waals surface area contributed by atoms with Gasteiger partial charge in [0.1, 0.15) is 18.5 Å². The standard InChI is InChI=1S/C11H17ClN4O.C2H6/c1-8(14-17-3)11-10(12)9-7-15(2)5-4-6-16(9)13-11;1-2/h4-7H2,1-3H3;1-2H3/b14-8+;. The lowest BCUT2D eigenvalue weighted by Crippen LogP contribution is -2.17. The molecule has 6 heteroatoms. The monoisotopic (exact) mass is 286 g/mol. The van der Waals surface area contributed by atoms with Crippen LogP contribution in [0.2, 0.25) is 5.02 Å². The summed E-state index contributed by atoms with van der Waals surface area (Å²) in [6.45, 7) is 8.65. The Morgan fingerprint density at radius 2 is 2.05 bits per heavy atom. The minimum Gasteiger partial charge on any atom is -0.399 e. The summed E-state index contributed by atoms with van der Waals surface area (Å²) in [6, 6.07) is 0. The molecule has 1 aliphatic heterocycles. The van der Waals surface area contributed by atoms with Crippen molar-refractivity contribution in [2.24, 2.45) is 5.16 Å². The van der Waals surface area contributed by atoms with E-state index in [1.54, 1.807) is 0 Å². The van der Waals surface area contributed by atoms with Crippen LogP contribution in [0.3, 0.4) is 0 Å². The van der Waals surface area contributed by atoms with Crippen molar-refractivity contribution in [2.45, 2.75) is 40.3 Å². The van der Waals surface area contributed by atoms with Gasteiger partial charge in [-0.15, -0.1) is 0 Å². The van der Waals surface area contributed by atoms with Crippen LogP contribution < -0.4 is 0 Å². The second-order valence-electron chi connectivity index (χ2n) is 4.28. The van der Waals surface area contributed by atoms with Crippen molar-refractivity contribution in [3.8, 4) is 0 Å². The van der Waals surface area contributed by atoms with Crippen LogP contribution in [0.1, 0.15) is 38.6 Å². The second-order valence-corrected chi connectivity index (χ2v) is 4.66. The number of rotatable bonds is 2. The molecule has 0 amide bonds. The van der Waals surface area contributed by atoms with Crippen LogP contribution in [0.25, 0.3) is 0 Å². The van der Waals surface area contributed by atoms with Crippen molar-refractivity contribution in [2.75, 3.05) is 20.7 Å². The van der Waals surface area contributed by atoms with Gasteiger partial charge in [0, 0.05) is 19.6 Å². The fourth-order valence-electron chi connectivity index (χ4n) is 2.05. The molecule has 0 bridgehead atoms. The largest absolute Gasteiger partial charge is 0.399 e. The Morgan fingerprint density at radius 3 is 2.68 bits per heavy atom. The third-order valence-electron chi connectivity index (χ3n) is 2.89. The lowest BCUT2D eigenvalue weighted by molar-refractivity contribution is 0.213. The van der Waals surface area contributed by atoms with Crippen LogP contribution in [0, 0.1) is 0 Å². The van der Waals surface area contributed by atoms with Crippen LogP contribution in [0.15, 0.2) is 5.16 Å². The van der Waals surface area contributed by atoms with Crippen LogP contribution in [-0.2, 0) is 17.9 Å². The van der Waals surface area contributed by atoms with Gasteiger partial charge in [-0.05, 0) is 20.4 Å². The van der Waals surface area contributed by atoms with Crippen molar-refractivity contribution < 1.29 is 4.84 Å². The van der Waals surface area contributed by atoms with E-state index in [0.29, 0.717) is 10.7 Å². The fourth-order valence-corrected chi connectivity index (χ4v) is 2.38. The number of nitrogens with zero attached hydrogens (tertiary/aromatic N) is 4. The first kappa shape index (κ1) is 16.0. The summed E-state index contributed by atoms with van der Waals surface area (Å²) in [6.07, 6.45) is 1.08. The zero-order valence-electron chi connectivity index (χ0n) is 12.4. The van der Waals surface area contributed by atoms with Crippen molar-refractivity contribution in [3.63, 3.8) is 0 Å². The Kier molecular flexibility index (Phi) is 6.31. The lowest BCUT2D eigenvalue weighted by Gasteiger charge is -2.11. The average molecular weight is 287 g/mol. The number of halogens is 1. The van der Waals surface area contributed by atoms with E-state index in [-0.39, 0.29) is 0 Å². The van der Waals surface area contributed by atoms with E-state index in [1.165, 1.54) is 7.11 Å². The Balaban J connectivity index is 0.000000861. The molecule has 0 radical (unpaired) electrons. The Hall–Kier alpha value is -1.07. The number of fused-ring (bicyclic) bond motifs is 1. The SMILES string of the molecule is CC.CO/N=C(\C)c1nn2c(c1Cl)CN(C)CCC2. The first-order valence-electron chi connectivity index (χ1n) is 6.65. The third-order valence-corrected chi connectivity index (χ3v) is 3.29. The van der Waals surface area contributed by atoms with Crippen molar-refractivity contribution >= 4 is 17.3 Å². The molecule has 2 rings (SSSR count). The van der Waals surface area contributed by atoms with Gasteiger partial charge in [0.05, 0.1) is 10.7 Å². The molecule has 0 atom stereocenters. The van der Waals surface area contributed by atoms with Crippen LogP contribution in [0.5, 0.6) is 0 Å². The third kappa shape index (κ3) is 3.70. The average Bonchev–Trinajstić information content (AvgIpc) is 2.60. The fraction of sp³-hybridized carbons (Fsp3) is 0.692. The molecular weight excluding hydrogens is 264 g/mol. The van der Waals surface area contributed by atoms with Crippen LogP contribution >= 0.6 is 11.6 Å². The summed E-state index contributed by atoms with van der Waals surface area (Å²) in [5.74, 6) is 0. The molecule has 1 aromatic heterocycles. The first-order valence-corrected chi connectivity index (χ1v) is 7.03. The summed E-state index contributed by atoms with van der Waals surface area (Å²) in [4.78, 5) is 7.01. The predicted molar refractivity (Wildman–Crippen MR) is 78.8 cm³/mol. The maximum Gasteiger partial charge on any atom is 0.129 e. The first-order chi connectivity index (χ1) is 9.13. The summed E-state index contributed by atoms with van der Waals surface area (Å²) in [5.41, 5.74) is 2.49. The highest BCUT2D eigenvalue weighted by molar-refractivity contribution is 6.34. The van der Waals surface area contributed by atoms with Gasteiger partial charge in [0.15, 0.2) is 0 Å². The number of aromatic nitrogens is 2. The second kappa shape index (κ2) is 7.50. The molecule has 1 aliphatic rings. The molecule has 0 saturated heterocycles. The highest BCUT2D eigenvalue weighted by Crippen LogP contribution is 2.24. The van der Waals surface area contributed by atoms with E-state index in [1.807, 2.05) is 25.5 Å². The molecule has 0 spiro atoms. The summed E-state index contributed by atoms with van der Waals surface area (Å²) in [5, 5.41) is 9.09. The summed E-state index contributed by atoms with van der Waals surface area (Å²) < 4.78 is 1.98. The van der Waals surface area contributed by atoms with Gasteiger partial charge in [0.2, 0.25) is 0 Å². The molecule has 0 aliphatic carbocycles. The zero-order chi connectivity index (χ0) is 14.4. The van der Waals surface area contributed by atoms with E-state index >= 15 is 0 Å². The Bertz CT molecular complexity index is 442. The predicted octanol–water partition coefficient (Wildman–Crippen LogP) is 2.77. The molecule has 19 heavy (non-hydrogen) atoms. The van der Waals surface area contributed by atoms with Gasteiger partial charge in [-0.2, -0.15) is 5.10 Å². The van der Waals surface area contributed by atoms with Gasteiger partial charge in [-0.25, -0.2) is 0 Å². The quantitative estimate of drug-likeness (QED) is 0.620. The Labute approximate surface area is 120 Å². The van der Waals surface area contributed by atoms with Gasteiger partial charge < -0.3 is 9.74 Å². The van der Waals surface area contributed by atoms with E-state index in [4.69, 9.17) is 16.4 Å². The van der Waals surface area contributed by atoms with E-state index in [0.717, 1.165) is 37.4 Å². The molecule has 0 fully saturated rings. The maximum atomic E-state index is 6.36. The maximum absolute atomic E-state index is 6.36.